The molecule has 1 amide bonds. The Morgan fingerprint density at radius 3 is 2.39 bits per heavy atom. The van der Waals surface area contributed by atoms with Gasteiger partial charge in [-0.15, -0.1) is 0 Å². The Morgan fingerprint density at radius 2 is 1.75 bits per heavy atom. The van der Waals surface area contributed by atoms with Gasteiger partial charge in [0.1, 0.15) is 11.5 Å². The minimum Gasteiger partial charge on any atom is -0.507 e. The third-order valence-corrected chi connectivity index (χ3v) is 6.48. The number of aliphatic hydroxyl groups is 1. The van der Waals surface area contributed by atoms with E-state index in [2.05, 4.69) is 20.8 Å². The fourth-order valence-corrected chi connectivity index (χ4v) is 4.77. The fourth-order valence-electron chi connectivity index (χ4n) is 4.58. The highest BCUT2D eigenvalue weighted by atomic mass is 35.5. The van der Waals surface area contributed by atoms with Crippen LogP contribution >= 0.6 is 11.6 Å². The Kier molecular flexibility index (Phi) is 6.96. The molecule has 1 saturated heterocycles. The minimum absolute atomic E-state index is 0.0367. The molecule has 0 aliphatic carbocycles. The first-order valence-electron chi connectivity index (χ1n) is 11.9. The maximum absolute atomic E-state index is 13.4. The SMILES string of the molecule is CCOc1ccc(/C(O)=C2/C(=O)C(=O)N(c3cccc(Cl)c3)C2c2cccc(C)c2)cc1C(C)(C)C. The zero-order valence-electron chi connectivity index (χ0n) is 21.1. The number of aryl methyl sites for hydroxylation is 1. The van der Waals surface area contributed by atoms with E-state index in [4.69, 9.17) is 16.3 Å². The van der Waals surface area contributed by atoms with E-state index in [1.54, 1.807) is 36.4 Å². The zero-order chi connectivity index (χ0) is 26.2. The Morgan fingerprint density at radius 1 is 1.03 bits per heavy atom. The molecule has 0 spiro atoms. The third kappa shape index (κ3) is 4.76. The second kappa shape index (κ2) is 9.82. The summed E-state index contributed by atoms with van der Waals surface area (Å²) in [5.41, 5.74) is 3.28. The van der Waals surface area contributed by atoms with Crippen LogP contribution in [0.4, 0.5) is 5.69 Å². The molecule has 0 bridgehead atoms. The van der Waals surface area contributed by atoms with Crippen molar-refractivity contribution in [3.8, 4) is 5.75 Å². The van der Waals surface area contributed by atoms with E-state index in [1.165, 1.54) is 4.90 Å². The van der Waals surface area contributed by atoms with Crippen molar-refractivity contribution in [2.45, 2.75) is 46.1 Å². The summed E-state index contributed by atoms with van der Waals surface area (Å²) in [4.78, 5) is 28.2. The number of rotatable bonds is 5. The van der Waals surface area contributed by atoms with Crippen LogP contribution in [-0.2, 0) is 15.0 Å². The average Bonchev–Trinajstić information content (AvgIpc) is 3.09. The third-order valence-electron chi connectivity index (χ3n) is 6.25. The van der Waals surface area contributed by atoms with Crippen molar-refractivity contribution in [3.05, 3.63) is 99.6 Å². The van der Waals surface area contributed by atoms with Gasteiger partial charge in [-0.05, 0) is 61.2 Å². The molecule has 1 aliphatic heterocycles. The quantitative estimate of drug-likeness (QED) is 0.232. The molecule has 1 heterocycles. The molecule has 3 aromatic rings. The van der Waals surface area contributed by atoms with Crippen molar-refractivity contribution in [1.29, 1.82) is 0 Å². The van der Waals surface area contributed by atoms with Gasteiger partial charge in [0.25, 0.3) is 11.7 Å². The molecule has 0 saturated carbocycles. The van der Waals surface area contributed by atoms with E-state index in [9.17, 15) is 14.7 Å². The highest BCUT2D eigenvalue weighted by Crippen LogP contribution is 2.43. The number of anilines is 1. The molecule has 1 aliphatic rings. The van der Waals surface area contributed by atoms with Crippen LogP contribution in [-0.4, -0.2) is 23.4 Å². The van der Waals surface area contributed by atoms with E-state index in [0.717, 1.165) is 22.4 Å². The predicted octanol–water partition coefficient (Wildman–Crippen LogP) is 6.97. The van der Waals surface area contributed by atoms with Crippen molar-refractivity contribution in [2.24, 2.45) is 0 Å². The molecule has 0 aromatic heterocycles. The van der Waals surface area contributed by atoms with Gasteiger partial charge >= 0.3 is 0 Å². The van der Waals surface area contributed by atoms with Gasteiger partial charge in [0.2, 0.25) is 0 Å². The van der Waals surface area contributed by atoms with Crippen molar-refractivity contribution in [3.63, 3.8) is 0 Å². The molecule has 0 radical (unpaired) electrons. The van der Waals surface area contributed by atoms with E-state index in [-0.39, 0.29) is 16.7 Å². The Hall–Kier alpha value is -3.57. The van der Waals surface area contributed by atoms with Crippen LogP contribution in [0, 0.1) is 6.92 Å². The van der Waals surface area contributed by atoms with Gasteiger partial charge in [0.05, 0.1) is 18.2 Å². The second-order valence-corrected chi connectivity index (χ2v) is 10.4. The molecule has 4 rings (SSSR count). The number of halogens is 1. The Labute approximate surface area is 217 Å². The molecular weight excluding hydrogens is 474 g/mol. The molecule has 1 fully saturated rings. The number of ketones is 1. The van der Waals surface area contributed by atoms with Crippen LogP contribution in [0.25, 0.3) is 5.76 Å². The smallest absolute Gasteiger partial charge is 0.300 e. The molecule has 186 valence electrons. The van der Waals surface area contributed by atoms with Crippen LogP contribution in [0.3, 0.4) is 0 Å². The lowest BCUT2D eigenvalue weighted by Gasteiger charge is -2.26. The maximum atomic E-state index is 13.4. The van der Waals surface area contributed by atoms with E-state index >= 15 is 0 Å². The summed E-state index contributed by atoms with van der Waals surface area (Å²) >= 11 is 6.23. The van der Waals surface area contributed by atoms with Gasteiger partial charge in [-0.25, -0.2) is 0 Å². The number of amides is 1. The molecule has 5 nitrogen and oxygen atoms in total. The molecule has 6 heteroatoms. The van der Waals surface area contributed by atoms with Crippen LogP contribution < -0.4 is 9.64 Å². The first-order valence-corrected chi connectivity index (χ1v) is 12.3. The standard InChI is InChI=1S/C30H30ClNO4/c1-6-36-24-14-13-20(16-23(24)30(3,4)5)27(33)25-26(19-10-7-9-18(2)15-19)32(29(35)28(25)34)22-12-8-11-21(31)17-22/h7-17,26,33H,6H2,1-5H3/b27-25-. The Bertz CT molecular complexity index is 1370. The summed E-state index contributed by atoms with van der Waals surface area (Å²) in [5.74, 6) is -0.966. The highest BCUT2D eigenvalue weighted by Gasteiger charge is 2.47. The molecule has 1 unspecified atom stereocenters. The van der Waals surface area contributed by atoms with Gasteiger partial charge < -0.3 is 9.84 Å². The van der Waals surface area contributed by atoms with Crippen molar-refractivity contribution in [1.82, 2.24) is 0 Å². The van der Waals surface area contributed by atoms with Crippen molar-refractivity contribution < 1.29 is 19.4 Å². The van der Waals surface area contributed by atoms with Gasteiger partial charge in [-0.1, -0.05) is 68.3 Å². The van der Waals surface area contributed by atoms with Crippen LogP contribution in [0.2, 0.25) is 5.02 Å². The van der Waals surface area contributed by atoms with Crippen molar-refractivity contribution >= 4 is 34.7 Å². The molecule has 3 aromatic carbocycles. The number of Topliss-reactive ketones (excluding diaryl/α,β-unsaturated/α-hetero) is 1. The number of carbonyl (C=O) groups excluding carboxylic acids is 2. The topological polar surface area (TPSA) is 66.8 Å². The van der Waals surface area contributed by atoms with E-state index in [1.807, 2.05) is 44.2 Å². The zero-order valence-corrected chi connectivity index (χ0v) is 21.9. The lowest BCUT2D eigenvalue weighted by molar-refractivity contribution is -0.132. The lowest BCUT2D eigenvalue weighted by Crippen LogP contribution is -2.29. The first kappa shape index (κ1) is 25.5. The van der Waals surface area contributed by atoms with E-state index in [0.29, 0.717) is 22.9 Å². The minimum atomic E-state index is -0.812. The number of aliphatic hydroxyl groups excluding tert-OH is 1. The van der Waals surface area contributed by atoms with Crippen LogP contribution in [0.15, 0.2) is 72.3 Å². The number of hydrogen-bond acceptors (Lipinski definition) is 4. The fraction of sp³-hybridized carbons (Fsp3) is 0.267. The maximum Gasteiger partial charge on any atom is 0.300 e. The summed E-state index contributed by atoms with van der Waals surface area (Å²) in [6, 6.07) is 18.9. The average molecular weight is 504 g/mol. The Balaban J connectivity index is 1.96. The number of carbonyl (C=O) groups is 2. The largest absolute Gasteiger partial charge is 0.507 e. The predicted molar refractivity (Wildman–Crippen MR) is 144 cm³/mol. The first-order chi connectivity index (χ1) is 17.0. The van der Waals surface area contributed by atoms with Crippen LogP contribution in [0.1, 0.15) is 56.0 Å². The molecular formula is C30H30ClNO4. The number of ether oxygens (including phenoxy) is 1. The molecule has 36 heavy (non-hydrogen) atoms. The number of nitrogens with zero attached hydrogens (tertiary/aromatic N) is 1. The summed E-state index contributed by atoms with van der Waals surface area (Å²) < 4.78 is 5.81. The number of hydrogen-bond donors (Lipinski definition) is 1. The molecule has 1 N–H and O–H groups in total. The van der Waals surface area contributed by atoms with Crippen molar-refractivity contribution in [2.75, 3.05) is 11.5 Å². The monoisotopic (exact) mass is 503 g/mol. The summed E-state index contributed by atoms with van der Waals surface area (Å²) in [6.45, 7) is 10.5. The lowest BCUT2D eigenvalue weighted by atomic mass is 9.84. The highest BCUT2D eigenvalue weighted by molar-refractivity contribution is 6.51. The molecule has 1 atom stereocenters. The normalized spacial score (nSPS) is 17.5. The number of benzene rings is 3. The van der Waals surface area contributed by atoms with Gasteiger partial charge in [0, 0.05) is 21.8 Å². The second-order valence-electron chi connectivity index (χ2n) is 9.96. The van der Waals surface area contributed by atoms with Gasteiger partial charge in [-0.2, -0.15) is 0 Å². The summed E-state index contributed by atoms with van der Waals surface area (Å²) in [7, 11) is 0. The van der Waals surface area contributed by atoms with Gasteiger partial charge in [-0.3, -0.25) is 14.5 Å². The van der Waals surface area contributed by atoms with Crippen LogP contribution in [0.5, 0.6) is 5.75 Å². The van der Waals surface area contributed by atoms with Gasteiger partial charge in [0.15, 0.2) is 0 Å². The van der Waals surface area contributed by atoms with E-state index < -0.39 is 17.7 Å². The summed E-state index contributed by atoms with van der Waals surface area (Å²) in [6.07, 6.45) is 0. The summed E-state index contributed by atoms with van der Waals surface area (Å²) in [5, 5.41) is 12.0.